The first kappa shape index (κ1) is 17.4. The molecule has 0 spiro atoms. The molecule has 2 aromatic rings. The number of hydrogen-bond donors (Lipinski definition) is 1. The Balaban J connectivity index is 0.00000192. The van der Waals surface area contributed by atoms with E-state index in [9.17, 15) is 4.79 Å². The molecule has 2 aromatic carbocycles. The number of aryl methyl sites for hydroxylation is 1. The van der Waals surface area contributed by atoms with Gasteiger partial charge in [-0.1, -0.05) is 35.9 Å². The van der Waals surface area contributed by atoms with E-state index in [4.69, 9.17) is 0 Å². The van der Waals surface area contributed by atoms with Crippen LogP contribution >= 0.6 is 12.4 Å². The molecule has 3 rings (SSSR count). The molecule has 4 heteroatoms. The number of carbonyl (C=O) groups excluding carboxylic acids is 1. The summed E-state index contributed by atoms with van der Waals surface area (Å²) in [6, 6.07) is 14.3. The van der Waals surface area contributed by atoms with E-state index in [1.54, 1.807) is 4.90 Å². The highest BCUT2D eigenvalue weighted by Gasteiger charge is 2.20. The molecule has 1 N–H and O–H groups in total. The second kappa shape index (κ2) is 7.51. The van der Waals surface area contributed by atoms with Crippen LogP contribution in [0.15, 0.2) is 42.5 Å². The summed E-state index contributed by atoms with van der Waals surface area (Å²) >= 11 is 0. The number of rotatable bonds is 3. The van der Waals surface area contributed by atoms with Crippen LogP contribution in [0.4, 0.5) is 5.69 Å². The van der Waals surface area contributed by atoms with Gasteiger partial charge in [-0.3, -0.25) is 4.79 Å². The lowest BCUT2D eigenvalue weighted by Gasteiger charge is -2.23. The summed E-state index contributed by atoms with van der Waals surface area (Å²) in [6.07, 6.45) is 2.06. The second-order valence-corrected chi connectivity index (χ2v) is 6.01. The molecule has 0 aliphatic carbocycles. The van der Waals surface area contributed by atoms with E-state index in [2.05, 4.69) is 36.5 Å². The first-order valence-corrected chi connectivity index (χ1v) is 7.82. The molecule has 1 aliphatic rings. The van der Waals surface area contributed by atoms with E-state index in [0.717, 1.165) is 36.2 Å². The Labute approximate surface area is 144 Å². The van der Waals surface area contributed by atoms with Crippen molar-refractivity contribution in [1.29, 1.82) is 0 Å². The summed E-state index contributed by atoms with van der Waals surface area (Å²) in [7, 11) is 1.88. The van der Waals surface area contributed by atoms with Gasteiger partial charge in [0.05, 0.1) is 0 Å². The van der Waals surface area contributed by atoms with Crippen LogP contribution in [-0.2, 0) is 13.0 Å². The zero-order chi connectivity index (χ0) is 15.5. The van der Waals surface area contributed by atoms with Gasteiger partial charge in [-0.05, 0) is 43.0 Å². The molecule has 0 saturated carbocycles. The Morgan fingerprint density at radius 1 is 1.22 bits per heavy atom. The minimum atomic E-state index is 0. The molecule has 0 radical (unpaired) electrons. The van der Waals surface area contributed by atoms with Crippen molar-refractivity contribution in [3.8, 4) is 0 Å². The minimum absolute atomic E-state index is 0. The van der Waals surface area contributed by atoms with E-state index in [0.29, 0.717) is 6.54 Å². The molecule has 0 aromatic heterocycles. The molecule has 1 aliphatic heterocycles. The van der Waals surface area contributed by atoms with Crippen molar-refractivity contribution in [3.63, 3.8) is 0 Å². The quantitative estimate of drug-likeness (QED) is 0.921. The smallest absolute Gasteiger partial charge is 0.254 e. The Morgan fingerprint density at radius 2 is 2.00 bits per heavy atom. The molecular formula is C19H23ClN2O. The van der Waals surface area contributed by atoms with E-state index >= 15 is 0 Å². The zero-order valence-corrected chi connectivity index (χ0v) is 14.5. The molecule has 0 atom stereocenters. The van der Waals surface area contributed by atoms with Crippen LogP contribution in [0.3, 0.4) is 0 Å². The molecule has 1 heterocycles. The van der Waals surface area contributed by atoms with Gasteiger partial charge >= 0.3 is 0 Å². The lowest BCUT2D eigenvalue weighted by Crippen LogP contribution is -2.28. The van der Waals surface area contributed by atoms with Crippen molar-refractivity contribution in [1.82, 2.24) is 4.90 Å². The third-order valence-electron chi connectivity index (χ3n) is 4.17. The Hall–Kier alpha value is -2.00. The maximum Gasteiger partial charge on any atom is 0.254 e. The number of carbonyl (C=O) groups is 1. The molecule has 0 saturated heterocycles. The van der Waals surface area contributed by atoms with Gasteiger partial charge in [0, 0.05) is 31.4 Å². The first-order valence-electron chi connectivity index (χ1n) is 7.82. The largest absolute Gasteiger partial charge is 0.385 e. The number of fused-ring (bicyclic) bond motifs is 1. The molecule has 1 amide bonds. The maximum atomic E-state index is 12.8. The van der Waals surface area contributed by atoms with Crippen molar-refractivity contribution < 1.29 is 4.79 Å². The van der Waals surface area contributed by atoms with Gasteiger partial charge in [-0.2, -0.15) is 0 Å². The molecule has 3 nitrogen and oxygen atoms in total. The summed E-state index contributed by atoms with van der Waals surface area (Å²) in [5.41, 5.74) is 5.49. The molecule has 122 valence electrons. The Morgan fingerprint density at radius 3 is 2.78 bits per heavy atom. The fraction of sp³-hybridized carbons (Fsp3) is 0.316. The lowest BCUT2D eigenvalue weighted by molar-refractivity contribution is 0.0784. The fourth-order valence-corrected chi connectivity index (χ4v) is 3.07. The summed E-state index contributed by atoms with van der Waals surface area (Å²) in [5, 5.41) is 3.38. The topological polar surface area (TPSA) is 32.3 Å². The third kappa shape index (κ3) is 3.85. The third-order valence-corrected chi connectivity index (χ3v) is 4.17. The normalized spacial score (nSPS) is 12.6. The van der Waals surface area contributed by atoms with Gasteiger partial charge in [0.15, 0.2) is 0 Å². The molecule has 0 bridgehead atoms. The highest BCUT2D eigenvalue weighted by atomic mass is 35.5. The van der Waals surface area contributed by atoms with Crippen LogP contribution in [0.1, 0.15) is 33.5 Å². The van der Waals surface area contributed by atoms with Gasteiger partial charge in [0.25, 0.3) is 5.91 Å². The van der Waals surface area contributed by atoms with Crippen molar-refractivity contribution in [2.24, 2.45) is 0 Å². The summed E-state index contributed by atoms with van der Waals surface area (Å²) in [5.74, 6) is 0.0991. The molecule has 0 fully saturated rings. The Bertz CT molecular complexity index is 700. The highest BCUT2D eigenvalue weighted by molar-refractivity contribution is 5.97. The lowest BCUT2D eigenvalue weighted by atomic mass is 9.97. The second-order valence-electron chi connectivity index (χ2n) is 6.01. The van der Waals surface area contributed by atoms with E-state index in [1.165, 1.54) is 11.1 Å². The number of benzene rings is 2. The summed E-state index contributed by atoms with van der Waals surface area (Å²) < 4.78 is 0. The summed E-state index contributed by atoms with van der Waals surface area (Å²) in [6.45, 7) is 3.70. The van der Waals surface area contributed by atoms with Crippen LogP contribution in [0, 0.1) is 6.92 Å². The molecular weight excluding hydrogens is 308 g/mol. The van der Waals surface area contributed by atoms with E-state index in [-0.39, 0.29) is 18.3 Å². The van der Waals surface area contributed by atoms with E-state index < -0.39 is 0 Å². The van der Waals surface area contributed by atoms with Crippen molar-refractivity contribution >= 4 is 24.0 Å². The molecule has 23 heavy (non-hydrogen) atoms. The number of halogens is 1. The van der Waals surface area contributed by atoms with Crippen LogP contribution in [0.5, 0.6) is 0 Å². The number of amides is 1. The van der Waals surface area contributed by atoms with Crippen LogP contribution < -0.4 is 5.32 Å². The van der Waals surface area contributed by atoms with Gasteiger partial charge in [-0.15, -0.1) is 12.4 Å². The predicted octanol–water partition coefficient (Wildman–Crippen LogP) is 4.05. The van der Waals surface area contributed by atoms with Crippen LogP contribution in [0.25, 0.3) is 0 Å². The fourth-order valence-electron chi connectivity index (χ4n) is 3.07. The van der Waals surface area contributed by atoms with Crippen LogP contribution in [0.2, 0.25) is 0 Å². The van der Waals surface area contributed by atoms with Crippen LogP contribution in [-0.4, -0.2) is 24.4 Å². The van der Waals surface area contributed by atoms with Crippen molar-refractivity contribution in [2.45, 2.75) is 26.3 Å². The summed E-state index contributed by atoms with van der Waals surface area (Å²) in [4.78, 5) is 14.6. The minimum Gasteiger partial charge on any atom is -0.385 e. The number of nitrogens with zero attached hydrogens (tertiary/aromatic N) is 1. The highest BCUT2D eigenvalue weighted by Crippen LogP contribution is 2.26. The Kier molecular flexibility index (Phi) is 5.67. The first-order chi connectivity index (χ1) is 10.6. The van der Waals surface area contributed by atoms with Crippen molar-refractivity contribution in [2.75, 3.05) is 18.9 Å². The number of anilines is 1. The molecule has 0 unspecified atom stereocenters. The standard InChI is InChI=1S/C19H22N2O.ClH/c1-14-6-3-7-15(12-14)13-21(2)19(22)17-8-4-10-18-16(17)9-5-11-20-18;/h3-4,6-8,10,12,20H,5,9,11,13H2,1-2H3;1H. The predicted molar refractivity (Wildman–Crippen MR) is 97.5 cm³/mol. The average molecular weight is 331 g/mol. The van der Waals surface area contributed by atoms with E-state index in [1.807, 2.05) is 25.2 Å². The van der Waals surface area contributed by atoms with Crippen molar-refractivity contribution in [3.05, 3.63) is 64.7 Å². The van der Waals surface area contributed by atoms with Gasteiger partial charge in [0.1, 0.15) is 0 Å². The average Bonchev–Trinajstić information content (AvgIpc) is 2.53. The number of hydrogen-bond acceptors (Lipinski definition) is 2. The zero-order valence-electron chi connectivity index (χ0n) is 13.6. The van der Waals surface area contributed by atoms with Gasteiger partial charge in [0.2, 0.25) is 0 Å². The maximum absolute atomic E-state index is 12.8. The monoisotopic (exact) mass is 330 g/mol. The number of nitrogens with one attached hydrogen (secondary N) is 1. The van der Waals surface area contributed by atoms with Gasteiger partial charge in [-0.25, -0.2) is 0 Å². The van der Waals surface area contributed by atoms with Gasteiger partial charge < -0.3 is 10.2 Å². The SMILES string of the molecule is Cc1cccc(CN(C)C(=O)c2cccc3c2CCCN3)c1.Cl.